The van der Waals surface area contributed by atoms with Crippen LogP contribution in [0.4, 0.5) is 0 Å². The van der Waals surface area contributed by atoms with Crippen molar-refractivity contribution in [1.82, 2.24) is 4.90 Å². The predicted octanol–water partition coefficient (Wildman–Crippen LogP) is 5.86. The largest absolute Gasteiger partial charge is 0.377 e. The van der Waals surface area contributed by atoms with Gasteiger partial charge in [0.1, 0.15) is 0 Å². The lowest BCUT2D eigenvalue weighted by Crippen LogP contribution is -2.28. The average Bonchev–Trinajstić information content (AvgIpc) is 2.53. The van der Waals surface area contributed by atoms with Gasteiger partial charge in [0.15, 0.2) is 0 Å². The average molecular weight is 300 g/mol. The quantitative estimate of drug-likeness (QED) is 0.661. The number of rotatable bonds is 2. The summed E-state index contributed by atoms with van der Waals surface area (Å²) in [5.74, 6) is 1.64. The molecule has 1 heteroatoms. The van der Waals surface area contributed by atoms with Crippen LogP contribution < -0.4 is 0 Å². The molecule has 0 fully saturated rings. The number of hydrogen-bond donors (Lipinski definition) is 0. The van der Waals surface area contributed by atoms with Crippen molar-refractivity contribution in [2.75, 3.05) is 7.05 Å². The summed E-state index contributed by atoms with van der Waals surface area (Å²) in [5, 5.41) is 0. The molecular formula is C21H33N. The van der Waals surface area contributed by atoms with Crippen LogP contribution in [0.3, 0.4) is 0 Å². The molecule has 0 bridgehead atoms. The van der Waals surface area contributed by atoms with Crippen LogP contribution in [0.1, 0.15) is 81.2 Å². The van der Waals surface area contributed by atoms with E-state index in [0.29, 0.717) is 23.8 Å². The van der Waals surface area contributed by atoms with Gasteiger partial charge in [-0.25, -0.2) is 0 Å². The minimum Gasteiger partial charge on any atom is -0.377 e. The first kappa shape index (κ1) is 17.1. The van der Waals surface area contributed by atoms with Crippen LogP contribution in [-0.2, 0) is 0 Å². The van der Waals surface area contributed by atoms with E-state index >= 15 is 0 Å². The number of hydrogen-bond acceptors (Lipinski definition) is 1. The van der Waals surface area contributed by atoms with Crippen molar-refractivity contribution in [3.8, 4) is 0 Å². The molecule has 0 saturated carbocycles. The zero-order valence-electron chi connectivity index (χ0n) is 15.9. The Morgan fingerprint density at radius 2 is 1.59 bits per heavy atom. The highest BCUT2D eigenvalue weighted by atomic mass is 15.1. The molecule has 0 aromatic heterocycles. The molecule has 1 aromatic carbocycles. The van der Waals surface area contributed by atoms with Crippen LogP contribution in [0.2, 0.25) is 0 Å². The van der Waals surface area contributed by atoms with Crippen LogP contribution >= 0.6 is 0 Å². The van der Waals surface area contributed by atoms with Crippen LogP contribution in [0.15, 0.2) is 12.3 Å². The number of fused-ring (bicyclic) bond motifs is 1. The molecule has 2 atom stereocenters. The molecule has 0 N–H and O–H groups in total. The predicted molar refractivity (Wildman–Crippen MR) is 98.5 cm³/mol. The molecule has 0 amide bonds. The zero-order chi connectivity index (χ0) is 16.8. The van der Waals surface area contributed by atoms with Gasteiger partial charge in [0.05, 0.1) is 0 Å². The topological polar surface area (TPSA) is 3.24 Å². The maximum Gasteiger partial charge on any atom is 0.0319 e. The Hall–Kier alpha value is -1.24. The number of likely N-dealkylation sites (N-methyl/N-ethyl adjacent to an activating group) is 1. The Balaban J connectivity index is 2.90. The molecule has 1 aliphatic rings. The maximum atomic E-state index is 2.43. The molecule has 1 aliphatic heterocycles. The summed E-state index contributed by atoms with van der Waals surface area (Å²) < 4.78 is 0. The minimum atomic E-state index is 0.524. The summed E-state index contributed by atoms with van der Waals surface area (Å²) >= 11 is 0. The SMILES string of the molecule is Cc1cc(C(C)C)c2c(c1C)[C@H](C)[C@H](C)N(C)C=C2C(C)C. The molecule has 1 nitrogen and oxygen atoms in total. The smallest absolute Gasteiger partial charge is 0.0319 e. The molecule has 0 saturated heterocycles. The van der Waals surface area contributed by atoms with E-state index in [-0.39, 0.29) is 0 Å². The second-order valence-electron chi connectivity index (χ2n) is 7.78. The summed E-state index contributed by atoms with van der Waals surface area (Å²) in [5.41, 5.74) is 9.07. The summed E-state index contributed by atoms with van der Waals surface area (Å²) in [6.45, 7) is 18.6. The first-order valence-electron chi connectivity index (χ1n) is 8.74. The van der Waals surface area contributed by atoms with Crippen LogP contribution in [0.5, 0.6) is 0 Å². The lowest BCUT2D eigenvalue weighted by atomic mass is 9.77. The van der Waals surface area contributed by atoms with Gasteiger partial charge >= 0.3 is 0 Å². The number of benzene rings is 1. The van der Waals surface area contributed by atoms with Gasteiger partial charge in [0.2, 0.25) is 0 Å². The van der Waals surface area contributed by atoms with Crippen molar-refractivity contribution < 1.29 is 0 Å². The maximum absolute atomic E-state index is 2.43. The van der Waals surface area contributed by atoms with Crippen LogP contribution in [0.25, 0.3) is 5.57 Å². The fraction of sp³-hybridized carbons (Fsp3) is 0.619. The fourth-order valence-corrected chi connectivity index (χ4v) is 3.75. The standard InChI is InChI=1S/C21H33N/c1-12(2)18-10-14(5)15(6)20-16(7)17(8)22(9)11-19(13(3)4)21(18)20/h10-13,16-17H,1-9H3/t16-,17+/m1/s1. The zero-order valence-corrected chi connectivity index (χ0v) is 15.9. The summed E-state index contributed by atoms with van der Waals surface area (Å²) in [7, 11) is 2.23. The highest BCUT2D eigenvalue weighted by Gasteiger charge is 2.30. The molecule has 0 radical (unpaired) electrons. The lowest BCUT2D eigenvalue weighted by Gasteiger charge is -2.30. The molecular weight excluding hydrogens is 266 g/mol. The van der Waals surface area contributed by atoms with Crippen molar-refractivity contribution in [3.63, 3.8) is 0 Å². The Labute approximate surface area is 137 Å². The molecule has 0 spiro atoms. The van der Waals surface area contributed by atoms with Crippen molar-refractivity contribution in [3.05, 3.63) is 40.1 Å². The Kier molecular flexibility index (Phi) is 4.75. The second-order valence-corrected chi connectivity index (χ2v) is 7.78. The highest BCUT2D eigenvalue weighted by Crippen LogP contribution is 2.43. The van der Waals surface area contributed by atoms with E-state index in [4.69, 9.17) is 0 Å². The molecule has 2 rings (SSSR count). The molecule has 22 heavy (non-hydrogen) atoms. The Morgan fingerprint density at radius 1 is 1.00 bits per heavy atom. The molecule has 1 heterocycles. The molecule has 0 unspecified atom stereocenters. The summed E-state index contributed by atoms with van der Waals surface area (Å²) in [6, 6.07) is 2.95. The minimum absolute atomic E-state index is 0.524. The number of aryl methyl sites for hydroxylation is 1. The monoisotopic (exact) mass is 299 g/mol. The van der Waals surface area contributed by atoms with Crippen molar-refractivity contribution in [1.29, 1.82) is 0 Å². The summed E-state index contributed by atoms with van der Waals surface area (Å²) in [4.78, 5) is 2.42. The first-order chi connectivity index (χ1) is 10.2. The first-order valence-corrected chi connectivity index (χ1v) is 8.74. The van der Waals surface area contributed by atoms with Gasteiger partial charge in [-0.2, -0.15) is 0 Å². The van der Waals surface area contributed by atoms with Gasteiger partial charge in [-0.15, -0.1) is 0 Å². The third kappa shape index (κ3) is 2.71. The van der Waals surface area contributed by atoms with E-state index in [1.807, 2.05) is 0 Å². The third-order valence-electron chi connectivity index (χ3n) is 5.62. The van der Waals surface area contributed by atoms with E-state index in [1.54, 1.807) is 5.56 Å². The molecule has 122 valence electrons. The molecule has 1 aromatic rings. The van der Waals surface area contributed by atoms with Crippen molar-refractivity contribution >= 4 is 5.57 Å². The summed E-state index contributed by atoms with van der Waals surface area (Å²) in [6.07, 6.45) is 2.40. The van der Waals surface area contributed by atoms with Gasteiger partial charge in [-0.1, -0.05) is 40.7 Å². The van der Waals surface area contributed by atoms with Gasteiger partial charge < -0.3 is 4.90 Å². The van der Waals surface area contributed by atoms with E-state index in [9.17, 15) is 0 Å². The second kappa shape index (κ2) is 6.10. The van der Waals surface area contributed by atoms with Crippen LogP contribution in [-0.4, -0.2) is 18.0 Å². The van der Waals surface area contributed by atoms with E-state index in [1.165, 1.54) is 27.8 Å². The van der Waals surface area contributed by atoms with Crippen LogP contribution in [0, 0.1) is 19.8 Å². The van der Waals surface area contributed by atoms with E-state index < -0.39 is 0 Å². The number of nitrogens with zero attached hydrogens (tertiary/aromatic N) is 1. The lowest BCUT2D eigenvalue weighted by molar-refractivity contribution is 0.316. The fourth-order valence-electron chi connectivity index (χ4n) is 3.75. The van der Waals surface area contributed by atoms with E-state index in [2.05, 4.69) is 79.6 Å². The van der Waals surface area contributed by atoms with Crippen molar-refractivity contribution in [2.45, 2.75) is 73.3 Å². The normalized spacial score (nSPS) is 22.0. The third-order valence-corrected chi connectivity index (χ3v) is 5.62. The molecule has 0 aliphatic carbocycles. The Morgan fingerprint density at radius 3 is 2.09 bits per heavy atom. The highest BCUT2D eigenvalue weighted by molar-refractivity contribution is 5.75. The van der Waals surface area contributed by atoms with E-state index in [0.717, 1.165) is 0 Å². The van der Waals surface area contributed by atoms with Gasteiger partial charge in [-0.3, -0.25) is 0 Å². The number of allylic oxidation sites excluding steroid dienone is 1. The Bertz CT molecular complexity index is 592. The van der Waals surface area contributed by atoms with Crippen molar-refractivity contribution in [2.24, 2.45) is 5.92 Å². The van der Waals surface area contributed by atoms with Gasteiger partial charge in [-0.05, 0) is 66.0 Å². The van der Waals surface area contributed by atoms with Gasteiger partial charge in [0, 0.05) is 25.2 Å². The van der Waals surface area contributed by atoms with Gasteiger partial charge in [0.25, 0.3) is 0 Å².